The first-order valence-electron chi connectivity index (χ1n) is 2.94. The van der Waals surface area contributed by atoms with E-state index in [1.54, 1.807) is 13.2 Å². The number of nitrogens with zero attached hydrogens (tertiary/aromatic N) is 1. The van der Waals surface area contributed by atoms with Gasteiger partial charge in [-0.05, 0) is 15.9 Å². The quantitative estimate of drug-likeness (QED) is 0.658. The number of aryl methyl sites for hydroxylation is 1. The Morgan fingerprint density at radius 2 is 2.00 bits per heavy atom. The summed E-state index contributed by atoms with van der Waals surface area (Å²) in [6, 6.07) is 0. The van der Waals surface area contributed by atoms with Gasteiger partial charge in [0.25, 0.3) is 5.56 Å². The molecule has 0 unspecified atom stereocenters. The number of nitrogens with two attached hydrogens (primary N) is 2. The van der Waals surface area contributed by atoms with Gasteiger partial charge in [-0.25, -0.2) is 0 Å². The zero-order valence-corrected chi connectivity index (χ0v) is 7.55. The van der Waals surface area contributed by atoms with Gasteiger partial charge in [-0.15, -0.1) is 0 Å². The molecule has 0 spiro atoms. The molecule has 0 amide bonds. The summed E-state index contributed by atoms with van der Waals surface area (Å²) in [5, 5.41) is 0. The van der Waals surface area contributed by atoms with Crippen molar-refractivity contribution in [3.8, 4) is 0 Å². The number of rotatable bonds is 0. The van der Waals surface area contributed by atoms with Crippen molar-refractivity contribution in [2.75, 3.05) is 11.5 Å². The molecule has 0 aromatic carbocycles. The molecule has 0 radical (unpaired) electrons. The third-order valence-electron chi connectivity index (χ3n) is 1.41. The van der Waals surface area contributed by atoms with Gasteiger partial charge in [-0.1, -0.05) is 0 Å². The Morgan fingerprint density at radius 1 is 1.45 bits per heavy atom. The van der Waals surface area contributed by atoms with Crippen LogP contribution < -0.4 is 17.0 Å². The monoisotopic (exact) mass is 217 g/mol. The predicted octanol–water partition coefficient (Wildman–Crippen LogP) is 0.312. The molecule has 1 aromatic rings. The van der Waals surface area contributed by atoms with Crippen molar-refractivity contribution in [2.45, 2.75) is 0 Å². The number of hydrogen-bond donors (Lipinski definition) is 2. The first kappa shape index (κ1) is 8.13. The van der Waals surface area contributed by atoms with Gasteiger partial charge >= 0.3 is 0 Å². The van der Waals surface area contributed by atoms with E-state index in [2.05, 4.69) is 15.9 Å². The Labute approximate surface area is 71.9 Å². The van der Waals surface area contributed by atoms with Crippen molar-refractivity contribution in [3.05, 3.63) is 21.0 Å². The SMILES string of the molecule is Cn1cc(Br)c(N)c(N)c1=O. The van der Waals surface area contributed by atoms with E-state index in [1.165, 1.54) is 4.57 Å². The van der Waals surface area contributed by atoms with Gasteiger partial charge in [-0.3, -0.25) is 4.79 Å². The number of nitrogen functional groups attached to an aromatic ring is 2. The van der Waals surface area contributed by atoms with Crippen LogP contribution in [0.3, 0.4) is 0 Å². The molecule has 0 aliphatic carbocycles. The molecule has 1 aromatic heterocycles. The third kappa shape index (κ3) is 1.23. The summed E-state index contributed by atoms with van der Waals surface area (Å²) in [5.74, 6) is 0. The fourth-order valence-corrected chi connectivity index (χ4v) is 1.25. The van der Waals surface area contributed by atoms with Gasteiger partial charge in [0.15, 0.2) is 0 Å². The molecule has 11 heavy (non-hydrogen) atoms. The van der Waals surface area contributed by atoms with Crippen molar-refractivity contribution in [2.24, 2.45) is 7.05 Å². The van der Waals surface area contributed by atoms with E-state index >= 15 is 0 Å². The summed E-state index contributed by atoms with van der Waals surface area (Å²) in [7, 11) is 1.61. The van der Waals surface area contributed by atoms with Crippen LogP contribution in [0.1, 0.15) is 0 Å². The molecule has 0 bridgehead atoms. The Kier molecular flexibility index (Phi) is 1.90. The second kappa shape index (κ2) is 2.58. The first-order chi connectivity index (χ1) is 5.04. The third-order valence-corrected chi connectivity index (χ3v) is 2.04. The van der Waals surface area contributed by atoms with Gasteiger partial charge in [0, 0.05) is 13.2 Å². The Morgan fingerprint density at radius 3 is 2.55 bits per heavy atom. The summed E-state index contributed by atoms with van der Waals surface area (Å²) in [6.45, 7) is 0. The summed E-state index contributed by atoms with van der Waals surface area (Å²) >= 11 is 3.17. The fourth-order valence-electron chi connectivity index (χ4n) is 0.732. The van der Waals surface area contributed by atoms with Crippen LogP contribution in [0, 0.1) is 0 Å². The van der Waals surface area contributed by atoms with Crippen LogP contribution >= 0.6 is 15.9 Å². The molecule has 0 saturated heterocycles. The maximum absolute atomic E-state index is 11.1. The highest BCUT2D eigenvalue weighted by Gasteiger charge is 2.05. The highest BCUT2D eigenvalue weighted by molar-refractivity contribution is 9.10. The largest absolute Gasteiger partial charge is 0.396 e. The van der Waals surface area contributed by atoms with Crippen LogP contribution in [0.5, 0.6) is 0 Å². The fraction of sp³-hybridized carbons (Fsp3) is 0.167. The normalized spacial score (nSPS) is 10.0. The zero-order chi connectivity index (χ0) is 8.59. The van der Waals surface area contributed by atoms with E-state index in [9.17, 15) is 4.79 Å². The van der Waals surface area contributed by atoms with E-state index in [1.807, 2.05) is 0 Å². The number of aromatic nitrogens is 1. The van der Waals surface area contributed by atoms with Gasteiger partial charge in [0.05, 0.1) is 10.2 Å². The Balaban J connectivity index is 3.59. The minimum absolute atomic E-state index is 0.0851. The van der Waals surface area contributed by atoms with Crippen LogP contribution in [0.15, 0.2) is 15.5 Å². The lowest BCUT2D eigenvalue weighted by Crippen LogP contribution is -2.21. The smallest absolute Gasteiger partial charge is 0.275 e. The summed E-state index contributed by atoms with van der Waals surface area (Å²) < 4.78 is 2.01. The van der Waals surface area contributed by atoms with E-state index in [4.69, 9.17) is 11.5 Å². The zero-order valence-electron chi connectivity index (χ0n) is 5.97. The predicted molar refractivity (Wildman–Crippen MR) is 48.2 cm³/mol. The number of anilines is 2. The summed E-state index contributed by atoms with van der Waals surface area (Å²) in [5.41, 5.74) is 11.0. The molecule has 60 valence electrons. The van der Waals surface area contributed by atoms with Crippen molar-refractivity contribution in [3.63, 3.8) is 0 Å². The van der Waals surface area contributed by atoms with Gasteiger partial charge in [0.2, 0.25) is 0 Å². The Bertz CT molecular complexity index is 344. The molecule has 0 atom stereocenters. The molecule has 0 saturated carbocycles. The van der Waals surface area contributed by atoms with Gasteiger partial charge < -0.3 is 16.0 Å². The highest BCUT2D eigenvalue weighted by atomic mass is 79.9. The highest BCUT2D eigenvalue weighted by Crippen LogP contribution is 2.20. The van der Waals surface area contributed by atoms with Crippen LogP contribution in [0.4, 0.5) is 11.4 Å². The van der Waals surface area contributed by atoms with Crippen LogP contribution in [-0.4, -0.2) is 4.57 Å². The lowest BCUT2D eigenvalue weighted by molar-refractivity contribution is 0.861. The minimum Gasteiger partial charge on any atom is -0.396 e. The lowest BCUT2D eigenvalue weighted by Gasteiger charge is -2.04. The molecule has 0 aliphatic heterocycles. The van der Waals surface area contributed by atoms with Gasteiger partial charge in [-0.2, -0.15) is 0 Å². The molecule has 0 aliphatic rings. The minimum atomic E-state index is -0.272. The van der Waals surface area contributed by atoms with Crippen molar-refractivity contribution in [1.82, 2.24) is 4.57 Å². The molecule has 0 fully saturated rings. The van der Waals surface area contributed by atoms with E-state index in [0.717, 1.165) is 0 Å². The van der Waals surface area contributed by atoms with E-state index in [-0.39, 0.29) is 11.2 Å². The average molecular weight is 218 g/mol. The topological polar surface area (TPSA) is 74.0 Å². The first-order valence-corrected chi connectivity index (χ1v) is 3.73. The second-order valence-electron chi connectivity index (χ2n) is 2.22. The lowest BCUT2D eigenvalue weighted by atomic mass is 10.3. The van der Waals surface area contributed by atoms with Crippen molar-refractivity contribution >= 4 is 27.3 Å². The standard InChI is InChI=1S/C6H8BrN3O/c1-10-2-3(7)4(8)5(9)6(10)11/h2H,8-9H2,1H3. The average Bonchev–Trinajstić information content (AvgIpc) is 1.97. The van der Waals surface area contributed by atoms with E-state index in [0.29, 0.717) is 10.2 Å². The molecule has 1 heterocycles. The molecule has 5 heteroatoms. The van der Waals surface area contributed by atoms with Crippen molar-refractivity contribution < 1.29 is 0 Å². The van der Waals surface area contributed by atoms with E-state index < -0.39 is 0 Å². The molecular formula is C6H8BrN3O. The summed E-state index contributed by atoms with van der Waals surface area (Å²) in [4.78, 5) is 11.1. The van der Waals surface area contributed by atoms with Gasteiger partial charge in [0.1, 0.15) is 5.69 Å². The maximum atomic E-state index is 11.1. The van der Waals surface area contributed by atoms with Crippen LogP contribution in [0.2, 0.25) is 0 Å². The molecular weight excluding hydrogens is 210 g/mol. The van der Waals surface area contributed by atoms with Crippen LogP contribution in [0.25, 0.3) is 0 Å². The molecule has 4 nitrogen and oxygen atoms in total. The number of hydrogen-bond acceptors (Lipinski definition) is 3. The number of halogens is 1. The maximum Gasteiger partial charge on any atom is 0.275 e. The Hall–Kier alpha value is -0.970. The molecule has 4 N–H and O–H groups in total. The molecule has 1 rings (SSSR count). The number of pyridine rings is 1. The summed E-state index contributed by atoms with van der Waals surface area (Å²) in [6.07, 6.45) is 1.58. The van der Waals surface area contributed by atoms with Crippen molar-refractivity contribution in [1.29, 1.82) is 0 Å². The second-order valence-corrected chi connectivity index (χ2v) is 3.07. The van der Waals surface area contributed by atoms with Crippen LogP contribution in [-0.2, 0) is 7.05 Å².